The van der Waals surface area contributed by atoms with Crippen LogP contribution in [0.25, 0.3) is 0 Å². The van der Waals surface area contributed by atoms with E-state index in [1.54, 1.807) is 20.1 Å². The Balaban J connectivity index is 2.01. The van der Waals surface area contributed by atoms with Gasteiger partial charge < -0.3 is 15.4 Å². The Morgan fingerprint density at radius 2 is 2.14 bits per heavy atom. The molecule has 0 radical (unpaired) electrons. The number of carbonyl (C=O) groups excluding carboxylic acids is 1. The molecule has 0 bridgehead atoms. The van der Waals surface area contributed by atoms with E-state index in [0.717, 1.165) is 31.5 Å². The number of rotatable bonds is 5. The van der Waals surface area contributed by atoms with Gasteiger partial charge in [-0.3, -0.25) is 4.79 Å². The van der Waals surface area contributed by atoms with Crippen LogP contribution in [-0.2, 0) is 4.74 Å². The third-order valence-corrected chi connectivity index (χ3v) is 4.11. The van der Waals surface area contributed by atoms with Crippen LogP contribution in [0, 0.1) is 18.2 Å². The third-order valence-electron chi connectivity index (χ3n) is 4.11. The molecule has 0 aromatic heterocycles. The van der Waals surface area contributed by atoms with Gasteiger partial charge in [0.25, 0.3) is 5.91 Å². The predicted molar refractivity (Wildman–Crippen MR) is 79.9 cm³/mol. The smallest absolute Gasteiger partial charge is 0.254 e. The van der Waals surface area contributed by atoms with Gasteiger partial charge in [-0.2, -0.15) is 0 Å². The number of benzene rings is 1. The fourth-order valence-electron chi connectivity index (χ4n) is 2.80. The Labute approximate surface area is 125 Å². The van der Waals surface area contributed by atoms with Crippen molar-refractivity contribution in [2.24, 2.45) is 5.41 Å². The highest BCUT2D eigenvalue weighted by Gasteiger charge is 2.32. The van der Waals surface area contributed by atoms with Gasteiger partial charge in [-0.05, 0) is 50.6 Å². The van der Waals surface area contributed by atoms with Crippen molar-refractivity contribution < 1.29 is 13.9 Å². The summed E-state index contributed by atoms with van der Waals surface area (Å²) in [6, 6.07) is 4.66. The zero-order valence-electron chi connectivity index (χ0n) is 12.7. The number of halogens is 1. The first kappa shape index (κ1) is 15.9. The molecule has 1 heterocycles. The largest absolute Gasteiger partial charge is 0.384 e. The Kier molecular flexibility index (Phi) is 5.31. The average molecular weight is 294 g/mol. The molecule has 1 amide bonds. The lowest BCUT2D eigenvalue weighted by Gasteiger charge is -2.37. The van der Waals surface area contributed by atoms with Crippen molar-refractivity contribution in [2.75, 3.05) is 33.4 Å². The maximum Gasteiger partial charge on any atom is 0.254 e. The molecule has 0 saturated carbocycles. The highest BCUT2D eigenvalue weighted by Crippen LogP contribution is 2.28. The van der Waals surface area contributed by atoms with Gasteiger partial charge in [0.15, 0.2) is 0 Å². The minimum Gasteiger partial charge on any atom is -0.384 e. The monoisotopic (exact) mass is 294 g/mol. The number of hydrogen-bond donors (Lipinski definition) is 2. The zero-order chi connectivity index (χ0) is 15.3. The summed E-state index contributed by atoms with van der Waals surface area (Å²) in [5.74, 6) is -0.833. The van der Waals surface area contributed by atoms with Gasteiger partial charge in [0.1, 0.15) is 5.82 Å². The van der Waals surface area contributed by atoms with Gasteiger partial charge in [0.05, 0.1) is 12.2 Å². The summed E-state index contributed by atoms with van der Waals surface area (Å²) in [6.45, 7) is 4.74. The van der Waals surface area contributed by atoms with Gasteiger partial charge in [-0.1, -0.05) is 6.07 Å². The molecule has 0 spiro atoms. The summed E-state index contributed by atoms with van der Waals surface area (Å²) in [6.07, 6.45) is 1.88. The molecular formula is C16H23FN2O2. The molecule has 1 aromatic carbocycles. The molecule has 1 fully saturated rings. The van der Waals surface area contributed by atoms with E-state index in [9.17, 15) is 9.18 Å². The molecule has 0 aliphatic carbocycles. The topological polar surface area (TPSA) is 50.4 Å². The number of methoxy groups -OCH3 is 1. The summed E-state index contributed by atoms with van der Waals surface area (Å²) in [7, 11) is 1.67. The van der Waals surface area contributed by atoms with Crippen molar-refractivity contribution >= 4 is 5.91 Å². The highest BCUT2D eigenvalue weighted by molar-refractivity contribution is 5.94. The van der Waals surface area contributed by atoms with Crippen molar-refractivity contribution in [2.45, 2.75) is 19.8 Å². The molecule has 116 valence electrons. The Hall–Kier alpha value is -1.46. The second-order valence-electron chi connectivity index (χ2n) is 5.85. The van der Waals surface area contributed by atoms with E-state index in [0.29, 0.717) is 13.2 Å². The lowest BCUT2D eigenvalue weighted by Crippen LogP contribution is -2.47. The summed E-state index contributed by atoms with van der Waals surface area (Å²) >= 11 is 0. The first-order valence-electron chi connectivity index (χ1n) is 7.30. The molecule has 2 N–H and O–H groups in total. The number of ether oxygens (including phenoxy) is 1. The quantitative estimate of drug-likeness (QED) is 0.872. The van der Waals surface area contributed by atoms with E-state index in [-0.39, 0.29) is 16.9 Å². The number of aryl methyl sites for hydroxylation is 1. The van der Waals surface area contributed by atoms with E-state index in [1.807, 2.05) is 0 Å². The minimum atomic E-state index is -0.474. The number of hydrogen-bond acceptors (Lipinski definition) is 3. The maximum absolute atomic E-state index is 13.8. The standard InChI is InChI=1S/C16H23FN2O2/c1-12-3-4-13(14(17)9-12)15(20)19-10-16(11-21-2)5-7-18-8-6-16/h3-4,9,18H,5-8,10-11H2,1-2H3,(H,19,20). The maximum atomic E-state index is 13.8. The Bertz CT molecular complexity index is 494. The van der Waals surface area contributed by atoms with Gasteiger partial charge >= 0.3 is 0 Å². The summed E-state index contributed by atoms with van der Waals surface area (Å²) < 4.78 is 19.1. The normalized spacial score (nSPS) is 17.5. The molecular weight excluding hydrogens is 271 g/mol. The molecule has 1 saturated heterocycles. The van der Waals surface area contributed by atoms with Crippen LogP contribution >= 0.6 is 0 Å². The highest BCUT2D eigenvalue weighted by atomic mass is 19.1. The van der Waals surface area contributed by atoms with Crippen LogP contribution in [0.1, 0.15) is 28.8 Å². The van der Waals surface area contributed by atoms with Crippen molar-refractivity contribution in [1.29, 1.82) is 0 Å². The van der Waals surface area contributed by atoms with Crippen LogP contribution < -0.4 is 10.6 Å². The first-order valence-corrected chi connectivity index (χ1v) is 7.30. The number of carbonyl (C=O) groups is 1. The fourth-order valence-corrected chi connectivity index (χ4v) is 2.80. The van der Waals surface area contributed by atoms with Crippen molar-refractivity contribution in [3.8, 4) is 0 Å². The first-order chi connectivity index (χ1) is 10.1. The van der Waals surface area contributed by atoms with E-state index in [1.165, 1.54) is 12.1 Å². The van der Waals surface area contributed by atoms with E-state index >= 15 is 0 Å². The van der Waals surface area contributed by atoms with E-state index < -0.39 is 5.82 Å². The molecule has 0 atom stereocenters. The predicted octanol–water partition coefficient (Wildman–Crippen LogP) is 1.88. The summed E-state index contributed by atoms with van der Waals surface area (Å²) in [5, 5.41) is 6.17. The Morgan fingerprint density at radius 3 is 2.76 bits per heavy atom. The molecule has 0 unspecified atom stereocenters. The second-order valence-corrected chi connectivity index (χ2v) is 5.85. The van der Waals surface area contributed by atoms with Crippen LogP contribution in [-0.4, -0.2) is 39.3 Å². The van der Waals surface area contributed by atoms with Crippen LogP contribution in [0.3, 0.4) is 0 Å². The SMILES string of the molecule is COCC1(CNC(=O)c2ccc(C)cc2F)CCNCC1. The summed E-state index contributed by atoms with van der Waals surface area (Å²) in [5.41, 5.74) is 0.844. The molecule has 4 nitrogen and oxygen atoms in total. The lowest BCUT2D eigenvalue weighted by molar-refractivity contribution is 0.0511. The number of amides is 1. The van der Waals surface area contributed by atoms with E-state index in [2.05, 4.69) is 10.6 Å². The van der Waals surface area contributed by atoms with Gasteiger partial charge in [-0.15, -0.1) is 0 Å². The molecule has 5 heteroatoms. The lowest BCUT2D eigenvalue weighted by atomic mass is 9.79. The fraction of sp³-hybridized carbons (Fsp3) is 0.562. The van der Waals surface area contributed by atoms with Crippen LogP contribution in [0.2, 0.25) is 0 Å². The van der Waals surface area contributed by atoms with Crippen molar-refractivity contribution in [1.82, 2.24) is 10.6 Å². The molecule has 1 aliphatic rings. The zero-order valence-corrected chi connectivity index (χ0v) is 12.7. The van der Waals surface area contributed by atoms with Crippen LogP contribution in [0.5, 0.6) is 0 Å². The average Bonchev–Trinajstić information content (AvgIpc) is 2.46. The van der Waals surface area contributed by atoms with Crippen LogP contribution in [0.15, 0.2) is 18.2 Å². The van der Waals surface area contributed by atoms with Crippen molar-refractivity contribution in [3.05, 3.63) is 35.1 Å². The third kappa shape index (κ3) is 4.02. The molecule has 1 aliphatic heterocycles. The van der Waals surface area contributed by atoms with Gasteiger partial charge in [0, 0.05) is 19.1 Å². The second kappa shape index (κ2) is 7.00. The molecule has 21 heavy (non-hydrogen) atoms. The Morgan fingerprint density at radius 1 is 1.43 bits per heavy atom. The van der Waals surface area contributed by atoms with Crippen LogP contribution in [0.4, 0.5) is 4.39 Å². The minimum absolute atomic E-state index is 0.0587. The van der Waals surface area contributed by atoms with Gasteiger partial charge in [-0.25, -0.2) is 4.39 Å². The number of nitrogens with one attached hydrogen (secondary N) is 2. The van der Waals surface area contributed by atoms with E-state index in [4.69, 9.17) is 4.74 Å². The van der Waals surface area contributed by atoms with Gasteiger partial charge in [0.2, 0.25) is 0 Å². The summed E-state index contributed by atoms with van der Waals surface area (Å²) in [4.78, 5) is 12.2. The molecule has 2 rings (SSSR count). The number of piperidine rings is 1. The van der Waals surface area contributed by atoms with Crippen molar-refractivity contribution in [3.63, 3.8) is 0 Å². The molecule has 1 aromatic rings.